The Hall–Kier alpha value is -1.10. The molecule has 0 radical (unpaired) electrons. The van der Waals surface area contributed by atoms with E-state index in [-0.39, 0.29) is 18.7 Å². The second kappa shape index (κ2) is 5.49. The number of piperidine rings is 1. The first kappa shape index (κ1) is 14.0. The number of carbonyl (C=O) groups is 2. The Morgan fingerprint density at radius 2 is 1.82 bits per heavy atom. The molecule has 5 nitrogen and oxygen atoms in total. The Morgan fingerprint density at radius 3 is 2.24 bits per heavy atom. The summed E-state index contributed by atoms with van der Waals surface area (Å²) >= 11 is 0. The fourth-order valence-electron chi connectivity index (χ4n) is 1.91. The lowest BCUT2D eigenvalue weighted by molar-refractivity contribution is -0.165. The number of rotatable bonds is 4. The Labute approximate surface area is 101 Å². The number of likely N-dealkylation sites (tertiary alicyclic amines) is 1. The van der Waals surface area contributed by atoms with Crippen LogP contribution in [0, 0.1) is 5.92 Å². The van der Waals surface area contributed by atoms with Crippen LogP contribution in [0.25, 0.3) is 0 Å². The smallest absolute Gasteiger partial charge is 0.335 e. The number of carboxylic acid groups (broad SMARTS) is 1. The van der Waals surface area contributed by atoms with E-state index < -0.39 is 11.6 Å². The van der Waals surface area contributed by atoms with E-state index in [4.69, 9.17) is 5.11 Å². The highest BCUT2D eigenvalue weighted by molar-refractivity contribution is 5.79. The van der Waals surface area contributed by atoms with E-state index in [0.717, 1.165) is 6.42 Å². The average Bonchev–Trinajstić information content (AvgIpc) is 2.26. The van der Waals surface area contributed by atoms with E-state index in [1.54, 1.807) is 4.90 Å². The molecule has 0 aromatic heterocycles. The van der Waals surface area contributed by atoms with Crippen LogP contribution in [-0.2, 0) is 9.59 Å². The summed E-state index contributed by atoms with van der Waals surface area (Å²) < 4.78 is 0. The van der Waals surface area contributed by atoms with Crippen molar-refractivity contribution in [3.05, 3.63) is 0 Å². The van der Waals surface area contributed by atoms with E-state index >= 15 is 0 Å². The Kier molecular flexibility index (Phi) is 4.51. The van der Waals surface area contributed by atoms with Gasteiger partial charge in [0.2, 0.25) is 5.91 Å². The van der Waals surface area contributed by atoms with E-state index in [9.17, 15) is 14.7 Å². The molecule has 1 heterocycles. The first-order valence-electron chi connectivity index (χ1n) is 6.09. The number of aliphatic hydroxyl groups is 1. The van der Waals surface area contributed by atoms with Gasteiger partial charge < -0.3 is 15.1 Å². The average molecular weight is 243 g/mol. The Morgan fingerprint density at radius 1 is 1.29 bits per heavy atom. The second-order valence-electron chi connectivity index (χ2n) is 5.15. The first-order chi connectivity index (χ1) is 7.85. The van der Waals surface area contributed by atoms with Gasteiger partial charge in [-0.3, -0.25) is 4.79 Å². The maximum absolute atomic E-state index is 11.8. The molecular weight excluding hydrogens is 222 g/mol. The third-order valence-electron chi connectivity index (χ3n) is 3.28. The maximum atomic E-state index is 11.8. The molecule has 1 aliphatic rings. The lowest BCUT2D eigenvalue weighted by atomic mass is 9.91. The fourth-order valence-corrected chi connectivity index (χ4v) is 1.91. The van der Waals surface area contributed by atoms with Crippen LogP contribution < -0.4 is 0 Å². The van der Waals surface area contributed by atoms with Crippen molar-refractivity contribution < 1.29 is 19.8 Å². The van der Waals surface area contributed by atoms with E-state index in [1.807, 2.05) is 0 Å². The molecule has 1 saturated heterocycles. The summed E-state index contributed by atoms with van der Waals surface area (Å²) in [5.74, 6) is -0.641. The monoisotopic (exact) mass is 243 g/mol. The van der Waals surface area contributed by atoms with Crippen molar-refractivity contribution in [3.63, 3.8) is 0 Å². The van der Waals surface area contributed by atoms with Gasteiger partial charge in [0.25, 0.3) is 0 Å². The van der Waals surface area contributed by atoms with Gasteiger partial charge in [-0.2, -0.15) is 0 Å². The summed E-state index contributed by atoms with van der Waals surface area (Å²) in [5.41, 5.74) is -1.64. The van der Waals surface area contributed by atoms with E-state index in [0.29, 0.717) is 25.4 Å². The number of aliphatic carboxylic acids is 1. The Bertz CT molecular complexity index is 293. The van der Waals surface area contributed by atoms with Crippen molar-refractivity contribution in [3.8, 4) is 0 Å². The molecule has 1 aliphatic heterocycles. The molecule has 1 amide bonds. The minimum Gasteiger partial charge on any atom is -0.479 e. The van der Waals surface area contributed by atoms with Crippen molar-refractivity contribution in [1.29, 1.82) is 0 Å². The van der Waals surface area contributed by atoms with E-state index in [1.165, 1.54) is 0 Å². The third-order valence-corrected chi connectivity index (χ3v) is 3.28. The first-order valence-corrected chi connectivity index (χ1v) is 6.09. The molecule has 0 saturated carbocycles. The van der Waals surface area contributed by atoms with Gasteiger partial charge in [-0.1, -0.05) is 13.8 Å². The lowest BCUT2D eigenvalue weighted by Gasteiger charge is -2.35. The SMILES string of the molecule is CC(C)CCC(=O)N1CCC(O)(C(=O)O)CC1. The molecule has 5 heteroatoms. The number of amides is 1. The second-order valence-corrected chi connectivity index (χ2v) is 5.15. The standard InChI is InChI=1S/C12H21NO4/c1-9(2)3-4-10(14)13-7-5-12(17,6-8-13)11(15)16/h9,17H,3-8H2,1-2H3,(H,15,16). The highest BCUT2D eigenvalue weighted by atomic mass is 16.4. The van der Waals surface area contributed by atoms with Crippen molar-refractivity contribution in [1.82, 2.24) is 4.90 Å². The van der Waals surface area contributed by atoms with Crippen molar-refractivity contribution in [2.45, 2.75) is 45.1 Å². The molecule has 0 atom stereocenters. The van der Waals surface area contributed by atoms with Gasteiger partial charge in [0.1, 0.15) is 0 Å². The van der Waals surface area contributed by atoms with Crippen molar-refractivity contribution in [2.24, 2.45) is 5.92 Å². The predicted octanol–water partition coefficient (Wildman–Crippen LogP) is 0.861. The summed E-state index contributed by atoms with van der Waals surface area (Å²) in [4.78, 5) is 24.2. The third kappa shape index (κ3) is 3.70. The predicted molar refractivity (Wildman–Crippen MR) is 62.5 cm³/mol. The molecule has 0 aromatic carbocycles. The van der Waals surface area contributed by atoms with Gasteiger partial charge in [-0.15, -0.1) is 0 Å². The quantitative estimate of drug-likeness (QED) is 0.767. The van der Waals surface area contributed by atoms with Crippen LogP contribution in [0.2, 0.25) is 0 Å². The number of carboxylic acids is 1. The summed E-state index contributed by atoms with van der Waals surface area (Å²) in [6.07, 6.45) is 1.59. The summed E-state index contributed by atoms with van der Waals surface area (Å²) in [5, 5.41) is 18.6. The maximum Gasteiger partial charge on any atom is 0.335 e. The summed E-state index contributed by atoms with van der Waals surface area (Å²) in [6.45, 7) is 4.79. The Balaban J connectivity index is 2.41. The molecule has 1 rings (SSSR count). The fraction of sp³-hybridized carbons (Fsp3) is 0.833. The zero-order valence-corrected chi connectivity index (χ0v) is 10.5. The number of carbonyl (C=O) groups excluding carboxylic acids is 1. The summed E-state index contributed by atoms with van der Waals surface area (Å²) in [6, 6.07) is 0. The number of hydrogen-bond acceptors (Lipinski definition) is 3. The van der Waals surface area contributed by atoms with Gasteiger partial charge in [0.15, 0.2) is 5.60 Å². The van der Waals surface area contributed by atoms with Gasteiger partial charge in [-0.25, -0.2) is 4.79 Å². The van der Waals surface area contributed by atoms with Gasteiger partial charge in [-0.05, 0) is 12.3 Å². The van der Waals surface area contributed by atoms with Crippen molar-refractivity contribution in [2.75, 3.05) is 13.1 Å². The molecule has 17 heavy (non-hydrogen) atoms. The van der Waals surface area contributed by atoms with Crippen molar-refractivity contribution >= 4 is 11.9 Å². The van der Waals surface area contributed by atoms with Crippen LogP contribution in [0.1, 0.15) is 39.5 Å². The number of hydrogen-bond donors (Lipinski definition) is 2. The largest absolute Gasteiger partial charge is 0.479 e. The molecular formula is C12H21NO4. The van der Waals surface area contributed by atoms with Crippen LogP contribution in [0.15, 0.2) is 0 Å². The minimum absolute atomic E-state index is 0.0612. The minimum atomic E-state index is -1.64. The highest BCUT2D eigenvalue weighted by Gasteiger charge is 2.40. The van der Waals surface area contributed by atoms with Gasteiger partial charge >= 0.3 is 5.97 Å². The molecule has 0 bridgehead atoms. The normalized spacial score (nSPS) is 19.4. The van der Waals surface area contributed by atoms with Crippen LogP contribution in [-0.4, -0.2) is 45.7 Å². The molecule has 0 spiro atoms. The molecule has 98 valence electrons. The molecule has 0 aromatic rings. The topological polar surface area (TPSA) is 77.8 Å². The molecule has 1 fully saturated rings. The van der Waals surface area contributed by atoms with Crippen LogP contribution in [0.5, 0.6) is 0 Å². The lowest BCUT2D eigenvalue weighted by Crippen LogP contribution is -2.50. The highest BCUT2D eigenvalue weighted by Crippen LogP contribution is 2.23. The van der Waals surface area contributed by atoms with Crippen LogP contribution in [0.4, 0.5) is 0 Å². The molecule has 0 unspecified atom stereocenters. The zero-order valence-electron chi connectivity index (χ0n) is 10.5. The van der Waals surface area contributed by atoms with Gasteiger partial charge in [0, 0.05) is 32.4 Å². The summed E-state index contributed by atoms with van der Waals surface area (Å²) in [7, 11) is 0. The number of nitrogens with zero attached hydrogens (tertiary/aromatic N) is 1. The molecule has 2 N–H and O–H groups in total. The van der Waals surface area contributed by atoms with E-state index in [2.05, 4.69) is 13.8 Å². The van der Waals surface area contributed by atoms with Crippen LogP contribution in [0.3, 0.4) is 0 Å². The van der Waals surface area contributed by atoms with Gasteiger partial charge in [0.05, 0.1) is 0 Å². The van der Waals surface area contributed by atoms with Crippen LogP contribution >= 0.6 is 0 Å². The zero-order chi connectivity index (χ0) is 13.1. The molecule has 0 aliphatic carbocycles.